The molecule has 17 heavy (non-hydrogen) atoms. The van der Waals surface area contributed by atoms with Crippen LogP contribution in [0.25, 0.3) is 5.69 Å². The molecule has 0 spiro atoms. The molecule has 2 aromatic rings. The summed E-state index contributed by atoms with van der Waals surface area (Å²) in [6.45, 7) is 7.34. The van der Waals surface area contributed by atoms with Gasteiger partial charge in [-0.25, -0.2) is 4.98 Å². The molecule has 0 aliphatic heterocycles. The normalized spacial score (nSPS) is 11.1. The average Bonchev–Trinajstić information content (AvgIpc) is 2.81. The van der Waals surface area contributed by atoms with Crippen molar-refractivity contribution in [1.29, 1.82) is 0 Å². The van der Waals surface area contributed by atoms with E-state index >= 15 is 0 Å². The maximum atomic E-state index is 4.09. The number of nitrogens with zero attached hydrogens (tertiary/aromatic N) is 2. The van der Waals surface area contributed by atoms with Gasteiger partial charge in [0.2, 0.25) is 0 Å². The fourth-order valence-corrected chi connectivity index (χ4v) is 1.77. The Morgan fingerprint density at radius 2 is 2.18 bits per heavy atom. The third-order valence-corrected chi connectivity index (χ3v) is 2.77. The maximum Gasteiger partial charge on any atom is 0.0991 e. The summed E-state index contributed by atoms with van der Waals surface area (Å²) in [6.07, 6.45) is 5.61. The highest BCUT2D eigenvalue weighted by molar-refractivity contribution is 5.43. The van der Waals surface area contributed by atoms with E-state index in [2.05, 4.69) is 49.3 Å². The molecule has 3 nitrogen and oxygen atoms in total. The van der Waals surface area contributed by atoms with Gasteiger partial charge in [-0.05, 0) is 24.1 Å². The number of aryl methyl sites for hydroxylation is 1. The van der Waals surface area contributed by atoms with Crippen molar-refractivity contribution in [1.82, 2.24) is 14.9 Å². The molecule has 3 heteroatoms. The van der Waals surface area contributed by atoms with Gasteiger partial charge in [-0.1, -0.05) is 26.0 Å². The highest BCUT2D eigenvalue weighted by atomic mass is 15.0. The fraction of sp³-hybridized carbons (Fsp3) is 0.357. The van der Waals surface area contributed by atoms with Gasteiger partial charge < -0.3 is 9.88 Å². The van der Waals surface area contributed by atoms with E-state index in [1.807, 2.05) is 17.1 Å². The summed E-state index contributed by atoms with van der Waals surface area (Å²) in [5.74, 6) is 0. The van der Waals surface area contributed by atoms with E-state index in [4.69, 9.17) is 0 Å². The highest BCUT2D eigenvalue weighted by Crippen LogP contribution is 2.15. The van der Waals surface area contributed by atoms with Crippen molar-refractivity contribution in [2.75, 3.05) is 0 Å². The van der Waals surface area contributed by atoms with Crippen LogP contribution in [-0.2, 0) is 6.54 Å². The summed E-state index contributed by atoms with van der Waals surface area (Å²) in [5, 5.41) is 3.43. The predicted molar refractivity (Wildman–Crippen MR) is 70.3 cm³/mol. The van der Waals surface area contributed by atoms with Crippen molar-refractivity contribution in [3.05, 3.63) is 48.0 Å². The standard InChI is InChI=1S/C14H19N3/c1-11(2)16-9-13-5-4-12(3)14(8-13)17-7-6-15-10-17/h4-8,10-11,16H,9H2,1-3H3. The van der Waals surface area contributed by atoms with E-state index in [1.165, 1.54) is 16.8 Å². The number of imidazole rings is 1. The first-order valence-electron chi connectivity index (χ1n) is 5.98. The van der Waals surface area contributed by atoms with Crippen molar-refractivity contribution >= 4 is 0 Å². The lowest BCUT2D eigenvalue weighted by molar-refractivity contribution is 0.588. The molecular formula is C14H19N3. The van der Waals surface area contributed by atoms with Gasteiger partial charge in [0.15, 0.2) is 0 Å². The van der Waals surface area contributed by atoms with Crippen LogP contribution >= 0.6 is 0 Å². The Morgan fingerprint density at radius 1 is 1.35 bits per heavy atom. The van der Waals surface area contributed by atoms with Gasteiger partial charge >= 0.3 is 0 Å². The Morgan fingerprint density at radius 3 is 2.82 bits per heavy atom. The molecule has 0 radical (unpaired) electrons. The summed E-state index contributed by atoms with van der Waals surface area (Å²) >= 11 is 0. The molecule has 0 bridgehead atoms. The predicted octanol–water partition coefficient (Wildman–Crippen LogP) is 2.68. The van der Waals surface area contributed by atoms with E-state index in [0.717, 1.165) is 6.54 Å². The molecular weight excluding hydrogens is 210 g/mol. The van der Waals surface area contributed by atoms with Crippen LogP contribution < -0.4 is 5.32 Å². The van der Waals surface area contributed by atoms with Gasteiger partial charge in [0, 0.05) is 30.7 Å². The summed E-state index contributed by atoms with van der Waals surface area (Å²) in [6, 6.07) is 7.05. The molecule has 0 aliphatic carbocycles. The van der Waals surface area contributed by atoms with E-state index < -0.39 is 0 Å². The molecule has 0 unspecified atom stereocenters. The molecule has 90 valence electrons. The van der Waals surface area contributed by atoms with Crippen LogP contribution in [0.15, 0.2) is 36.9 Å². The zero-order valence-corrected chi connectivity index (χ0v) is 10.6. The van der Waals surface area contributed by atoms with Gasteiger partial charge in [-0.2, -0.15) is 0 Å². The fourth-order valence-electron chi connectivity index (χ4n) is 1.77. The van der Waals surface area contributed by atoms with Gasteiger partial charge in [-0.3, -0.25) is 0 Å². The number of hydrogen-bond donors (Lipinski definition) is 1. The van der Waals surface area contributed by atoms with E-state index in [0.29, 0.717) is 6.04 Å². The van der Waals surface area contributed by atoms with Gasteiger partial charge in [-0.15, -0.1) is 0 Å². The minimum atomic E-state index is 0.507. The Kier molecular flexibility index (Phi) is 3.59. The lowest BCUT2D eigenvalue weighted by atomic mass is 10.1. The summed E-state index contributed by atoms with van der Waals surface area (Å²) in [7, 11) is 0. The maximum absolute atomic E-state index is 4.09. The lowest BCUT2D eigenvalue weighted by Crippen LogP contribution is -2.21. The first kappa shape index (κ1) is 11.9. The summed E-state index contributed by atoms with van der Waals surface area (Å²) < 4.78 is 2.05. The highest BCUT2D eigenvalue weighted by Gasteiger charge is 2.03. The zero-order chi connectivity index (χ0) is 12.3. The number of aromatic nitrogens is 2. The smallest absolute Gasteiger partial charge is 0.0991 e. The van der Waals surface area contributed by atoms with Crippen molar-refractivity contribution in [3.8, 4) is 5.69 Å². The molecule has 0 atom stereocenters. The Balaban J connectivity index is 2.24. The molecule has 1 aromatic carbocycles. The molecule has 0 saturated carbocycles. The zero-order valence-electron chi connectivity index (χ0n) is 10.6. The van der Waals surface area contributed by atoms with Crippen molar-refractivity contribution in [3.63, 3.8) is 0 Å². The van der Waals surface area contributed by atoms with Crippen molar-refractivity contribution < 1.29 is 0 Å². The van der Waals surface area contributed by atoms with Crippen molar-refractivity contribution in [2.45, 2.75) is 33.4 Å². The third kappa shape index (κ3) is 2.94. The molecule has 0 aliphatic rings. The number of hydrogen-bond acceptors (Lipinski definition) is 2. The van der Waals surface area contributed by atoms with Crippen LogP contribution in [-0.4, -0.2) is 15.6 Å². The Bertz CT molecular complexity index is 472. The van der Waals surface area contributed by atoms with Crippen LogP contribution in [0.4, 0.5) is 0 Å². The average molecular weight is 229 g/mol. The summed E-state index contributed by atoms with van der Waals surface area (Å²) in [4.78, 5) is 4.09. The van der Waals surface area contributed by atoms with Crippen LogP contribution in [0.3, 0.4) is 0 Å². The second-order valence-electron chi connectivity index (χ2n) is 4.63. The molecule has 1 heterocycles. The Hall–Kier alpha value is -1.61. The topological polar surface area (TPSA) is 29.9 Å². The van der Waals surface area contributed by atoms with Gasteiger partial charge in [0.1, 0.15) is 0 Å². The molecule has 0 fully saturated rings. The largest absolute Gasteiger partial charge is 0.310 e. The minimum absolute atomic E-state index is 0.507. The second-order valence-corrected chi connectivity index (χ2v) is 4.63. The number of rotatable bonds is 4. The van der Waals surface area contributed by atoms with Crippen LogP contribution in [0.2, 0.25) is 0 Å². The molecule has 0 saturated heterocycles. The van der Waals surface area contributed by atoms with E-state index in [-0.39, 0.29) is 0 Å². The summed E-state index contributed by atoms with van der Waals surface area (Å²) in [5.41, 5.74) is 3.76. The third-order valence-electron chi connectivity index (χ3n) is 2.77. The number of nitrogens with one attached hydrogen (secondary N) is 1. The quantitative estimate of drug-likeness (QED) is 0.873. The Labute approximate surface area is 103 Å². The molecule has 1 N–H and O–H groups in total. The minimum Gasteiger partial charge on any atom is -0.310 e. The molecule has 2 rings (SSSR count). The van der Waals surface area contributed by atoms with Crippen molar-refractivity contribution in [2.24, 2.45) is 0 Å². The first-order valence-corrected chi connectivity index (χ1v) is 5.98. The lowest BCUT2D eigenvalue weighted by Gasteiger charge is -2.12. The SMILES string of the molecule is Cc1ccc(CNC(C)C)cc1-n1ccnc1. The monoisotopic (exact) mass is 229 g/mol. The van der Waals surface area contributed by atoms with Crippen LogP contribution in [0.5, 0.6) is 0 Å². The van der Waals surface area contributed by atoms with Crippen LogP contribution in [0.1, 0.15) is 25.0 Å². The van der Waals surface area contributed by atoms with Crippen LogP contribution in [0, 0.1) is 6.92 Å². The second kappa shape index (κ2) is 5.15. The van der Waals surface area contributed by atoms with Gasteiger partial charge in [0.25, 0.3) is 0 Å². The number of benzene rings is 1. The molecule has 1 aromatic heterocycles. The first-order chi connectivity index (χ1) is 8.16. The van der Waals surface area contributed by atoms with E-state index in [9.17, 15) is 0 Å². The van der Waals surface area contributed by atoms with E-state index in [1.54, 1.807) is 6.20 Å². The van der Waals surface area contributed by atoms with Gasteiger partial charge in [0.05, 0.1) is 6.33 Å². The molecule has 0 amide bonds.